The molecule has 1 aromatic heterocycles. The molecule has 0 bridgehead atoms. The van der Waals surface area contributed by atoms with Gasteiger partial charge in [0.15, 0.2) is 0 Å². The lowest BCUT2D eigenvalue weighted by Gasteiger charge is -2.04. The molecule has 0 saturated heterocycles. The van der Waals surface area contributed by atoms with Crippen LogP contribution >= 0.6 is 11.8 Å². The quantitative estimate of drug-likeness (QED) is 0.482. The Balaban J connectivity index is 2.29. The third-order valence-electron chi connectivity index (χ3n) is 2.35. The van der Waals surface area contributed by atoms with Crippen LogP contribution in [0.15, 0.2) is 27.8 Å². The minimum absolute atomic E-state index is 0.0906. The summed E-state index contributed by atoms with van der Waals surface area (Å²) >= 11 is 0.877. The van der Waals surface area contributed by atoms with Crippen molar-refractivity contribution < 1.29 is 24.0 Å². The SMILES string of the molecule is COc1cc([N+](=O)[O-])ccc1-c1nnc(SCC(=O)O)o1. The van der Waals surface area contributed by atoms with Gasteiger partial charge in [-0.3, -0.25) is 14.9 Å². The number of carboxylic acid groups (broad SMARTS) is 1. The molecule has 0 unspecified atom stereocenters. The Morgan fingerprint density at radius 2 is 2.29 bits per heavy atom. The van der Waals surface area contributed by atoms with Crippen LogP contribution in [0.1, 0.15) is 0 Å². The Labute approximate surface area is 122 Å². The molecule has 0 amide bonds. The lowest BCUT2D eigenvalue weighted by Crippen LogP contribution is -1.97. The lowest BCUT2D eigenvalue weighted by atomic mass is 10.2. The number of aliphatic carboxylic acids is 1. The fraction of sp³-hybridized carbons (Fsp3) is 0.182. The van der Waals surface area contributed by atoms with E-state index in [1.54, 1.807) is 0 Å². The summed E-state index contributed by atoms with van der Waals surface area (Å²) in [5.41, 5.74) is 0.258. The van der Waals surface area contributed by atoms with E-state index < -0.39 is 10.9 Å². The molecule has 1 aromatic carbocycles. The summed E-state index contributed by atoms with van der Waals surface area (Å²) in [5, 5.41) is 26.8. The summed E-state index contributed by atoms with van der Waals surface area (Å²) in [7, 11) is 1.36. The smallest absolute Gasteiger partial charge is 0.314 e. The predicted octanol–water partition coefficient (Wildman–Crippen LogP) is 1.83. The van der Waals surface area contributed by atoms with E-state index in [4.69, 9.17) is 14.3 Å². The van der Waals surface area contributed by atoms with Crippen molar-refractivity contribution in [3.05, 3.63) is 28.3 Å². The van der Waals surface area contributed by atoms with Crippen molar-refractivity contribution in [2.75, 3.05) is 12.9 Å². The number of carboxylic acids is 1. The van der Waals surface area contributed by atoms with E-state index in [9.17, 15) is 14.9 Å². The Morgan fingerprint density at radius 3 is 2.90 bits per heavy atom. The van der Waals surface area contributed by atoms with Gasteiger partial charge >= 0.3 is 5.97 Å². The zero-order chi connectivity index (χ0) is 15.4. The molecule has 10 heteroatoms. The van der Waals surface area contributed by atoms with Gasteiger partial charge in [-0.15, -0.1) is 10.2 Å². The van der Waals surface area contributed by atoms with Gasteiger partial charge in [-0.1, -0.05) is 11.8 Å². The molecule has 0 aliphatic heterocycles. The van der Waals surface area contributed by atoms with E-state index in [1.807, 2.05) is 0 Å². The molecule has 1 N–H and O–H groups in total. The molecule has 1 heterocycles. The average molecular weight is 311 g/mol. The summed E-state index contributed by atoms with van der Waals surface area (Å²) < 4.78 is 10.4. The van der Waals surface area contributed by atoms with Crippen LogP contribution in [-0.2, 0) is 4.79 Å². The maximum Gasteiger partial charge on any atom is 0.314 e. The molecule has 0 saturated carbocycles. The molecule has 0 aliphatic carbocycles. The van der Waals surface area contributed by atoms with E-state index in [0.717, 1.165) is 11.8 Å². The van der Waals surface area contributed by atoms with Crippen LogP contribution in [0.3, 0.4) is 0 Å². The van der Waals surface area contributed by atoms with Crippen molar-refractivity contribution in [1.29, 1.82) is 0 Å². The van der Waals surface area contributed by atoms with Crippen LogP contribution < -0.4 is 4.74 Å². The Kier molecular flexibility index (Phi) is 4.38. The molecule has 0 fully saturated rings. The number of aromatic nitrogens is 2. The Morgan fingerprint density at radius 1 is 1.52 bits per heavy atom. The highest BCUT2D eigenvalue weighted by Gasteiger charge is 2.18. The van der Waals surface area contributed by atoms with Crippen LogP contribution in [0.25, 0.3) is 11.5 Å². The highest BCUT2D eigenvalue weighted by molar-refractivity contribution is 7.99. The van der Waals surface area contributed by atoms with Gasteiger partial charge in [0.05, 0.1) is 23.7 Å². The molecular formula is C11H9N3O6S. The lowest BCUT2D eigenvalue weighted by molar-refractivity contribution is -0.384. The van der Waals surface area contributed by atoms with Crippen molar-refractivity contribution in [2.24, 2.45) is 0 Å². The zero-order valence-electron chi connectivity index (χ0n) is 10.7. The van der Waals surface area contributed by atoms with Gasteiger partial charge in [-0.2, -0.15) is 0 Å². The van der Waals surface area contributed by atoms with Gasteiger partial charge in [-0.05, 0) is 6.07 Å². The third-order valence-corrected chi connectivity index (χ3v) is 3.16. The summed E-state index contributed by atoms with van der Waals surface area (Å²) in [4.78, 5) is 20.6. The third kappa shape index (κ3) is 3.48. The standard InChI is InChI=1S/C11H9N3O6S/c1-19-8-4-6(14(17)18)2-3-7(8)10-12-13-11(20-10)21-5-9(15)16/h2-4H,5H2,1H3,(H,15,16). The van der Waals surface area contributed by atoms with Gasteiger partial charge < -0.3 is 14.3 Å². The van der Waals surface area contributed by atoms with Crippen LogP contribution in [-0.4, -0.2) is 39.1 Å². The summed E-state index contributed by atoms with van der Waals surface area (Å²) in [6, 6.07) is 3.95. The molecule has 110 valence electrons. The first-order valence-electron chi connectivity index (χ1n) is 5.52. The van der Waals surface area contributed by atoms with Gasteiger partial charge in [-0.25, -0.2) is 0 Å². The Hall–Kier alpha value is -2.62. The number of rotatable bonds is 6. The second-order valence-electron chi connectivity index (χ2n) is 3.70. The van der Waals surface area contributed by atoms with Gasteiger partial charge in [0, 0.05) is 6.07 Å². The first-order chi connectivity index (χ1) is 10.0. The predicted molar refractivity (Wildman–Crippen MR) is 71.3 cm³/mol. The van der Waals surface area contributed by atoms with Gasteiger partial charge in [0.2, 0.25) is 0 Å². The minimum Gasteiger partial charge on any atom is -0.496 e. The minimum atomic E-state index is -1.01. The second-order valence-corrected chi connectivity index (χ2v) is 4.62. The van der Waals surface area contributed by atoms with Crippen LogP contribution in [0.5, 0.6) is 5.75 Å². The zero-order valence-corrected chi connectivity index (χ0v) is 11.5. The van der Waals surface area contributed by atoms with Crippen LogP contribution in [0.4, 0.5) is 5.69 Å². The summed E-state index contributed by atoms with van der Waals surface area (Å²) in [6.45, 7) is 0. The fourth-order valence-electron chi connectivity index (χ4n) is 1.47. The van der Waals surface area contributed by atoms with E-state index in [2.05, 4.69) is 10.2 Å². The number of nitrogens with zero attached hydrogens (tertiary/aromatic N) is 3. The van der Waals surface area contributed by atoms with Gasteiger partial charge in [0.25, 0.3) is 16.8 Å². The monoisotopic (exact) mass is 311 g/mol. The molecule has 2 rings (SSSR count). The van der Waals surface area contributed by atoms with Crippen molar-refractivity contribution >= 4 is 23.4 Å². The number of methoxy groups -OCH3 is 1. The highest BCUT2D eigenvalue weighted by Crippen LogP contribution is 2.33. The van der Waals surface area contributed by atoms with Crippen molar-refractivity contribution in [2.45, 2.75) is 5.22 Å². The first-order valence-corrected chi connectivity index (χ1v) is 6.50. The van der Waals surface area contributed by atoms with E-state index in [0.29, 0.717) is 5.56 Å². The fourth-order valence-corrected chi connectivity index (χ4v) is 1.95. The molecule has 0 atom stereocenters. The van der Waals surface area contributed by atoms with Gasteiger partial charge in [0.1, 0.15) is 11.5 Å². The Bertz CT molecular complexity index is 686. The molecule has 0 spiro atoms. The molecule has 9 nitrogen and oxygen atoms in total. The summed E-state index contributed by atoms with van der Waals surface area (Å²) in [5.74, 6) is -0.913. The molecule has 2 aromatic rings. The van der Waals surface area contributed by atoms with Crippen molar-refractivity contribution in [3.63, 3.8) is 0 Å². The highest BCUT2D eigenvalue weighted by atomic mass is 32.2. The number of benzene rings is 1. The maximum absolute atomic E-state index is 10.7. The number of nitro groups is 1. The van der Waals surface area contributed by atoms with Crippen molar-refractivity contribution in [3.8, 4) is 17.2 Å². The number of hydrogen-bond acceptors (Lipinski definition) is 8. The van der Waals surface area contributed by atoms with E-state index in [1.165, 1.54) is 25.3 Å². The number of nitro benzene ring substituents is 1. The molecule has 0 radical (unpaired) electrons. The largest absolute Gasteiger partial charge is 0.496 e. The van der Waals surface area contributed by atoms with Crippen LogP contribution in [0, 0.1) is 10.1 Å². The normalized spacial score (nSPS) is 10.3. The number of hydrogen-bond donors (Lipinski definition) is 1. The topological polar surface area (TPSA) is 129 Å². The van der Waals surface area contributed by atoms with Crippen molar-refractivity contribution in [1.82, 2.24) is 10.2 Å². The second kappa shape index (κ2) is 6.22. The molecule has 0 aliphatic rings. The first kappa shape index (κ1) is 14.8. The number of thioether (sulfide) groups is 1. The number of non-ortho nitro benzene ring substituents is 1. The maximum atomic E-state index is 10.7. The summed E-state index contributed by atoms with van der Waals surface area (Å²) in [6.07, 6.45) is 0. The van der Waals surface area contributed by atoms with Crippen LogP contribution in [0.2, 0.25) is 0 Å². The van der Waals surface area contributed by atoms with E-state index in [-0.39, 0.29) is 28.3 Å². The van der Waals surface area contributed by atoms with E-state index >= 15 is 0 Å². The average Bonchev–Trinajstić information content (AvgIpc) is 2.93. The molecule has 21 heavy (non-hydrogen) atoms. The molecular weight excluding hydrogens is 302 g/mol. The number of ether oxygens (including phenoxy) is 1. The number of carbonyl (C=O) groups is 1.